The van der Waals surface area contributed by atoms with Gasteiger partial charge < -0.3 is 15.1 Å². The number of aromatic hydroxyl groups is 1. The molecule has 5 heteroatoms. The Labute approximate surface area is 157 Å². The SMILES string of the molecule is Cc1ccc(O)c(-c2cc(-c3sccc3C)cc(N3CCC(O)C3)n2)c1. The zero-order valence-corrected chi connectivity index (χ0v) is 15.8. The first-order valence-electron chi connectivity index (χ1n) is 8.81. The summed E-state index contributed by atoms with van der Waals surface area (Å²) in [5, 5.41) is 22.4. The summed E-state index contributed by atoms with van der Waals surface area (Å²) in [5.74, 6) is 1.08. The first-order valence-corrected chi connectivity index (χ1v) is 9.69. The number of hydrogen-bond donors (Lipinski definition) is 2. The summed E-state index contributed by atoms with van der Waals surface area (Å²) in [6, 6.07) is 11.8. The maximum atomic E-state index is 10.4. The van der Waals surface area contributed by atoms with Crippen LogP contribution in [0.5, 0.6) is 5.75 Å². The molecule has 4 nitrogen and oxygen atoms in total. The molecular weight excluding hydrogens is 344 g/mol. The average Bonchev–Trinajstić information content (AvgIpc) is 3.25. The number of nitrogens with zero attached hydrogens (tertiary/aromatic N) is 2. The lowest BCUT2D eigenvalue weighted by Gasteiger charge is -2.19. The largest absolute Gasteiger partial charge is 0.507 e. The van der Waals surface area contributed by atoms with E-state index in [4.69, 9.17) is 4.98 Å². The molecule has 0 saturated carbocycles. The van der Waals surface area contributed by atoms with Gasteiger partial charge in [-0.3, -0.25) is 0 Å². The van der Waals surface area contributed by atoms with Crippen LogP contribution in [0.2, 0.25) is 0 Å². The smallest absolute Gasteiger partial charge is 0.129 e. The quantitative estimate of drug-likeness (QED) is 0.723. The van der Waals surface area contributed by atoms with Crippen molar-refractivity contribution < 1.29 is 10.2 Å². The Morgan fingerprint density at radius 1 is 1.15 bits per heavy atom. The fraction of sp³-hybridized carbons (Fsp3) is 0.286. The van der Waals surface area contributed by atoms with Crippen molar-refractivity contribution in [2.24, 2.45) is 0 Å². The summed E-state index contributed by atoms with van der Waals surface area (Å²) in [7, 11) is 0. The number of phenols is 1. The summed E-state index contributed by atoms with van der Waals surface area (Å²) >= 11 is 1.71. The van der Waals surface area contributed by atoms with Crippen molar-refractivity contribution in [3.05, 3.63) is 52.9 Å². The second-order valence-corrected chi connectivity index (χ2v) is 7.86. The van der Waals surface area contributed by atoms with Gasteiger partial charge in [0.25, 0.3) is 0 Å². The van der Waals surface area contributed by atoms with Gasteiger partial charge in [-0.1, -0.05) is 11.6 Å². The molecule has 0 aliphatic carbocycles. The van der Waals surface area contributed by atoms with Crippen LogP contribution in [-0.4, -0.2) is 34.4 Å². The van der Waals surface area contributed by atoms with Crippen LogP contribution < -0.4 is 4.90 Å². The molecule has 2 N–H and O–H groups in total. The zero-order valence-electron chi connectivity index (χ0n) is 14.9. The number of thiophene rings is 1. The van der Waals surface area contributed by atoms with E-state index in [2.05, 4.69) is 29.3 Å². The molecule has 0 radical (unpaired) electrons. The number of rotatable bonds is 3. The van der Waals surface area contributed by atoms with Crippen LogP contribution in [0, 0.1) is 13.8 Å². The highest BCUT2D eigenvalue weighted by Crippen LogP contribution is 2.37. The molecule has 0 amide bonds. The van der Waals surface area contributed by atoms with Crippen LogP contribution in [0.3, 0.4) is 0 Å². The van der Waals surface area contributed by atoms with Gasteiger partial charge >= 0.3 is 0 Å². The third-order valence-electron chi connectivity index (χ3n) is 4.85. The van der Waals surface area contributed by atoms with Crippen LogP contribution in [0.25, 0.3) is 21.7 Å². The molecule has 26 heavy (non-hydrogen) atoms. The summed E-state index contributed by atoms with van der Waals surface area (Å²) in [4.78, 5) is 8.15. The Morgan fingerprint density at radius 3 is 2.69 bits per heavy atom. The lowest BCUT2D eigenvalue weighted by Crippen LogP contribution is -2.22. The molecule has 0 bridgehead atoms. The molecule has 0 spiro atoms. The second kappa shape index (κ2) is 6.74. The minimum absolute atomic E-state index is 0.232. The molecule has 3 heterocycles. The molecule has 2 aromatic heterocycles. The topological polar surface area (TPSA) is 56.6 Å². The fourth-order valence-electron chi connectivity index (χ4n) is 3.42. The van der Waals surface area contributed by atoms with Gasteiger partial charge in [-0.15, -0.1) is 11.3 Å². The van der Waals surface area contributed by atoms with Gasteiger partial charge in [0.2, 0.25) is 0 Å². The third-order valence-corrected chi connectivity index (χ3v) is 5.92. The van der Waals surface area contributed by atoms with Crippen molar-refractivity contribution in [3.63, 3.8) is 0 Å². The summed E-state index contributed by atoms with van der Waals surface area (Å²) in [6.45, 7) is 5.50. The van der Waals surface area contributed by atoms with E-state index in [0.29, 0.717) is 6.54 Å². The maximum Gasteiger partial charge on any atom is 0.129 e. The van der Waals surface area contributed by atoms with E-state index >= 15 is 0 Å². The number of benzene rings is 1. The van der Waals surface area contributed by atoms with Gasteiger partial charge in [-0.25, -0.2) is 4.98 Å². The van der Waals surface area contributed by atoms with Gasteiger partial charge in [0, 0.05) is 23.5 Å². The van der Waals surface area contributed by atoms with Crippen molar-refractivity contribution in [1.29, 1.82) is 0 Å². The molecule has 1 unspecified atom stereocenters. The highest BCUT2D eigenvalue weighted by Gasteiger charge is 2.23. The molecule has 1 aromatic carbocycles. The van der Waals surface area contributed by atoms with E-state index < -0.39 is 0 Å². The van der Waals surface area contributed by atoms with E-state index in [1.807, 2.05) is 25.1 Å². The standard InChI is InChI=1S/C21H22N2O2S/c1-13-3-4-19(25)17(9-13)18-10-15(21-14(2)6-8-26-21)11-20(22-18)23-7-5-16(24)12-23/h3-4,6,8-11,16,24-25H,5,7,12H2,1-2H3. The Morgan fingerprint density at radius 2 is 2.00 bits per heavy atom. The van der Waals surface area contributed by atoms with E-state index in [9.17, 15) is 10.2 Å². The van der Waals surface area contributed by atoms with Gasteiger partial charge in [0.1, 0.15) is 11.6 Å². The third kappa shape index (κ3) is 3.20. The summed E-state index contributed by atoms with van der Waals surface area (Å²) in [6.07, 6.45) is 0.453. The number of aryl methyl sites for hydroxylation is 2. The lowest BCUT2D eigenvalue weighted by molar-refractivity contribution is 0.198. The Kier molecular flexibility index (Phi) is 4.42. The Hall–Kier alpha value is -2.37. The summed E-state index contributed by atoms with van der Waals surface area (Å²) < 4.78 is 0. The second-order valence-electron chi connectivity index (χ2n) is 6.94. The van der Waals surface area contributed by atoms with E-state index in [0.717, 1.165) is 41.2 Å². The Balaban J connectivity index is 1.88. The predicted molar refractivity (Wildman–Crippen MR) is 107 cm³/mol. The van der Waals surface area contributed by atoms with Crippen molar-refractivity contribution in [2.45, 2.75) is 26.4 Å². The first-order chi connectivity index (χ1) is 12.5. The highest BCUT2D eigenvalue weighted by atomic mass is 32.1. The molecule has 134 valence electrons. The first kappa shape index (κ1) is 17.1. The van der Waals surface area contributed by atoms with E-state index in [-0.39, 0.29) is 11.9 Å². The number of hydrogen-bond acceptors (Lipinski definition) is 5. The Bertz CT molecular complexity index is 951. The number of aliphatic hydroxyl groups excluding tert-OH is 1. The number of anilines is 1. The molecular formula is C21H22N2O2S. The van der Waals surface area contributed by atoms with Crippen molar-refractivity contribution in [2.75, 3.05) is 18.0 Å². The average molecular weight is 366 g/mol. The van der Waals surface area contributed by atoms with E-state index in [1.165, 1.54) is 10.4 Å². The normalized spacial score (nSPS) is 17.0. The van der Waals surface area contributed by atoms with Gasteiger partial charge in [0.15, 0.2) is 0 Å². The van der Waals surface area contributed by atoms with Gasteiger partial charge in [0.05, 0.1) is 11.8 Å². The minimum Gasteiger partial charge on any atom is -0.507 e. The van der Waals surface area contributed by atoms with Crippen LogP contribution in [-0.2, 0) is 0 Å². The number of β-amino-alcohol motifs (C(OH)–C–C–N with tert-alkyl or cyclic N) is 1. The van der Waals surface area contributed by atoms with Crippen molar-refractivity contribution in [1.82, 2.24) is 4.98 Å². The van der Waals surface area contributed by atoms with E-state index in [1.54, 1.807) is 17.4 Å². The van der Waals surface area contributed by atoms with Crippen LogP contribution >= 0.6 is 11.3 Å². The van der Waals surface area contributed by atoms with Crippen LogP contribution in [0.4, 0.5) is 5.82 Å². The fourth-order valence-corrected chi connectivity index (χ4v) is 4.34. The highest BCUT2D eigenvalue weighted by molar-refractivity contribution is 7.13. The predicted octanol–water partition coefficient (Wildman–Crippen LogP) is 4.37. The monoisotopic (exact) mass is 366 g/mol. The molecule has 1 fully saturated rings. The molecule has 1 aliphatic heterocycles. The number of phenolic OH excluding ortho intramolecular Hbond substituents is 1. The number of pyridine rings is 1. The van der Waals surface area contributed by atoms with Crippen molar-refractivity contribution in [3.8, 4) is 27.4 Å². The molecule has 3 aromatic rings. The molecule has 1 saturated heterocycles. The number of aliphatic hydroxyl groups is 1. The van der Waals surface area contributed by atoms with Gasteiger partial charge in [-0.05, 0) is 67.1 Å². The van der Waals surface area contributed by atoms with Gasteiger partial charge in [-0.2, -0.15) is 0 Å². The van der Waals surface area contributed by atoms with Crippen molar-refractivity contribution >= 4 is 17.2 Å². The number of aromatic nitrogens is 1. The van der Waals surface area contributed by atoms with Crippen LogP contribution in [0.1, 0.15) is 17.5 Å². The molecule has 1 aliphatic rings. The lowest BCUT2D eigenvalue weighted by atomic mass is 10.0. The maximum absolute atomic E-state index is 10.4. The zero-order chi connectivity index (χ0) is 18.3. The summed E-state index contributed by atoms with van der Waals surface area (Å²) in [5.41, 5.74) is 4.90. The minimum atomic E-state index is -0.306. The molecule has 1 atom stereocenters. The van der Waals surface area contributed by atoms with Crippen LogP contribution in [0.15, 0.2) is 41.8 Å². The molecule has 4 rings (SSSR count).